The van der Waals surface area contributed by atoms with Crippen molar-refractivity contribution >= 4 is 28.9 Å². The van der Waals surface area contributed by atoms with E-state index in [9.17, 15) is 14.9 Å². The Morgan fingerprint density at radius 2 is 1.59 bits per heavy atom. The SMILES string of the molecule is CN(C)C(CNC(C(=O)Nc1ccc([N+](=O)[O-])cc1Cl)c1ccccc1)c1ccccc1. The van der Waals surface area contributed by atoms with Gasteiger partial charge in [-0.25, -0.2) is 0 Å². The Kier molecular flexibility index (Phi) is 7.94. The fourth-order valence-corrected chi connectivity index (χ4v) is 3.66. The van der Waals surface area contributed by atoms with Crippen molar-refractivity contribution in [1.82, 2.24) is 10.2 Å². The molecular weight excluding hydrogens is 428 g/mol. The number of rotatable bonds is 9. The van der Waals surface area contributed by atoms with E-state index in [2.05, 4.69) is 27.7 Å². The molecule has 32 heavy (non-hydrogen) atoms. The maximum Gasteiger partial charge on any atom is 0.271 e. The number of non-ortho nitro benzene ring substituents is 1. The van der Waals surface area contributed by atoms with Gasteiger partial charge in [0, 0.05) is 24.7 Å². The average Bonchev–Trinajstić information content (AvgIpc) is 2.78. The molecule has 3 aromatic carbocycles. The minimum atomic E-state index is -0.645. The average molecular weight is 453 g/mol. The van der Waals surface area contributed by atoms with E-state index >= 15 is 0 Å². The van der Waals surface area contributed by atoms with Crippen LogP contribution in [0, 0.1) is 10.1 Å². The number of carbonyl (C=O) groups is 1. The number of carbonyl (C=O) groups excluding carboxylic acids is 1. The van der Waals surface area contributed by atoms with Crippen LogP contribution in [0.2, 0.25) is 5.02 Å². The Bertz CT molecular complexity index is 1060. The van der Waals surface area contributed by atoms with Crippen molar-refractivity contribution in [2.75, 3.05) is 26.0 Å². The molecule has 166 valence electrons. The van der Waals surface area contributed by atoms with Crippen LogP contribution in [-0.2, 0) is 4.79 Å². The van der Waals surface area contributed by atoms with E-state index in [1.165, 1.54) is 18.2 Å². The molecule has 2 unspecified atom stereocenters. The lowest BCUT2D eigenvalue weighted by molar-refractivity contribution is -0.384. The molecule has 3 rings (SSSR count). The molecule has 7 nitrogen and oxygen atoms in total. The quantitative estimate of drug-likeness (QED) is 0.359. The van der Waals surface area contributed by atoms with E-state index in [1.54, 1.807) is 0 Å². The fraction of sp³-hybridized carbons (Fsp3) is 0.208. The number of amides is 1. The molecule has 1 amide bonds. The van der Waals surface area contributed by atoms with Gasteiger partial charge in [-0.1, -0.05) is 72.3 Å². The van der Waals surface area contributed by atoms with Crippen LogP contribution in [0.25, 0.3) is 0 Å². The van der Waals surface area contributed by atoms with E-state index < -0.39 is 11.0 Å². The highest BCUT2D eigenvalue weighted by Crippen LogP contribution is 2.28. The van der Waals surface area contributed by atoms with Gasteiger partial charge in [-0.3, -0.25) is 14.9 Å². The van der Waals surface area contributed by atoms with Gasteiger partial charge < -0.3 is 15.5 Å². The Labute approximate surface area is 192 Å². The van der Waals surface area contributed by atoms with Crippen molar-refractivity contribution in [3.05, 3.63) is 105 Å². The van der Waals surface area contributed by atoms with Gasteiger partial charge in [0.1, 0.15) is 6.04 Å². The monoisotopic (exact) mass is 452 g/mol. The van der Waals surface area contributed by atoms with E-state index in [0.717, 1.165) is 11.1 Å². The third-order valence-electron chi connectivity index (χ3n) is 5.14. The third-order valence-corrected chi connectivity index (χ3v) is 5.45. The Morgan fingerprint density at radius 3 is 2.12 bits per heavy atom. The van der Waals surface area contributed by atoms with Crippen molar-refractivity contribution in [2.24, 2.45) is 0 Å². The predicted molar refractivity (Wildman–Crippen MR) is 127 cm³/mol. The molecule has 3 aromatic rings. The molecule has 0 spiro atoms. The van der Waals surface area contributed by atoms with Gasteiger partial charge >= 0.3 is 0 Å². The zero-order chi connectivity index (χ0) is 23.1. The summed E-state index contributed by atoms with van der Waals surface area (Å²) in [6.45, 7) is 0.526. The lowest BCUT2D eigenvalue weighted by Crippen LogP contribution is -2.38. The summed E-state index contributed by atoms with van der Waals surface area (Å²) in [6, 6.07) is 22.8. The summed E-state index contributed by atoms with van der Waals surface area (Å²) in [5.74, 6) is -0.308. The first-order valence-corrected chi connectivity index (χ1v) is 10.5. The lowest BCUT2D eigenvalue weighted by atomic mass is 10.0. The normalized spacial score (nSPS) is 12.9. The van der Waals surface area contributed by atoms with Crippen LogP contribution in [-0.4, -0.2) is 36.4 Å². The summed E-state index contributed by atoms with van der Waals surface area (Å²) < 4.78 is 0. The van der Waals surface area contributed by atoms with Crippen molar-refractivity contribution in [2.45, 2.75) is 12.1 Å². The molecule has 0 bridgehead atoms. The van der Waals surface area contributed by atoms with E-state index in [4.69, 9.17) is 11.6 Å². The van der Waals surface area contributed by atoms with E-state index in [-0.39, 0.29) is 22.7 Å². The summed E-state index contributed by atoms with van der Waals surface area (Å²) >= 11 is 6.17. The van der Waals surface area contributed by atoms with Gasteiger partial charge in [0.25, 0.3) is 5.69 Å². The highest BCUT2D eigenvalue weighted by Gasteiger charge is 2.24. The van der Waals surface area contributed by atoms with Crippen molar-refractivity contribution in [3.8, 4) is 0 Å². The number of nitro benzene ring substituents is 1. The van der Waals surface area contributed by atoms with Crippen LogP contribution in [0.5, 0.6) is 0 Å². The van der Waals surface area contributed by atoms with Gasteiger partial charge in [-0.2, -0.15) is 0 Å². The Balaban J connectivity index is 1.82. The number of halogens is 1. The number of anilines is 1. The van der Waals surface area contributed by atoms with Gasteiger partial charge in [0.05, 0.1) is 15.6 Å². The molecule has 0 fully saturated rings. The Morgan fingerprint density at radius 1 is 1.00 bits per heavy atom. The summed E-state index contributed by atoms with van der Waals surface area (Å²) in [5, 5.41) is 17.2. The third kappa shape index (κ3) is 5.91. The molecule has 0 radical (unpaired) electrons. The summed E-state index contributed by atoms with van der Waals surface area (Å²) in [4.78, 5) is 25.7. The topological polar surface area (TPSA) is 87.5 Å². The molecule has 0 heterocycles. The van der Waals surface area contributed by atoms with Crippen molar-refractivity contribution in [1.29, 1.82) is 0 Å². The minimum Gasteiger partial charge on any atom is -0.323 e. The maximum atomic E-state index is 13.2. The zero-order valence-corrected chi connectivity index (χ0v) is 18.6. The van der Waals surface area contributed by atoms with Crippen LogP contribution in [0.1, 0.15) is 23.2 Å². The van der Waals surface area contributed by atoms with Gasteiger partial charge in [0.15, 0.2) is 0 Å². The second-order valence-corrected chi connectivity index (χ2v) is 7.96. The second-order valence-electron chi connectivity index (χ2n) is 7.55. The maximum absolute atomic E-state index is 13.2. The lowest BCUT2D eigenvalue weighted by Gasteiger charge is -2.28. The molecule has 0 aliphatic heterocycles. The van der Waals surface area contributed by atoms with Crippen LogP contribution in [0.15, 0.2) is 78.9 Å². The molecule has 0 saturated heterocycles. The predicted octanol–water partition coefficient (Wildman–Crippen LogP) is 4.82. The Hall–Kier alpha value is -3.26. The van der Waals surface area contributed by atoms with Crippen LogP contribution in [0.3, 0.4) is 0 Å². The summed E-state index contributed by atoms with van der Waals surface area (Å²) in [7, 11) is 3.99. The van der Waals surface area contributed by atoms with Crippen LogP contribution in [0.4, 0.5) is 11.4 Å². The number of benzene rings is 3. The molecule has 0 aliphatic carbocycles. The first kappa shape index (κ1) is 23.4. The first-order valence-electron chi connectivity index (χ1n) is 10.1. The number of nitrogens with zero attached hydrogens (tertiary/aromatic N) is 2. The summed E-state index contributed by atoms with van der Waals surface area (Å²) in [6.07, 6.45) is 0. The van der Waals surface area contributed by atoms with Crippen molar-refractivity contribution in [3.63, 3.8) is 0 Å². The molecule has 0 saturated carbocycles. The zero-order valence-electron chi connectivity index (χ0n) is 17.9. The number of nitro groups is 1. The molecule has 2 N–H and O–H groups in total. The second kappa shape index (κ2) is 10.9. The summed E-state index contributed by atoms with van der Waals surface area (Å²) in [5.41, 5.74) is 2.11. The number of nitrogens with one attached hydrogen (secondary N) is 2. The molecule has 0 aliphatic rings. The van der Waals surface area contributed by atoms with Gasteiger partial charge in [-0.05, 0) is 31.3 Å². The molecule has 8 heteroatoms. The van der Waals surface area contributed by atoms with E-state index in [1.807, 2.05) is 62.6 Å². The smallest absolute Gasteiger partial charge is 0.271 e. The van der Waals surface area contributed by atoms with Crippen molar-refractivity contribution < 1.29 is 9.72 Å². The van der Waals surface area contributed by atoms with Crippen LogP contribution < -0.4 is 10.6 Å². The number of likely N-dealkylation sites (N-methyl/N-ethyl adjacent to an activating group) is 1. The van der Waals surface area contributed by atoms with Crippen LogP contribution >= 0.6 is 11.6 Å². The van der Waals surface area contributed by atoms with Gasteiger partial charge in [-0.15, -0.1) is 0 Å². The molecular formula is C24H25ClN4O3. The highest BCUT2D eigenvalue weighted by atomic mass is 35.5. The molecule has 2 atom stereocenters. The van der Waals surface area contributed by atoms with E-state index in [0.29, 0.717) is 12.2 Å². The standard InChI is InChI=1S/C24H25ClN4O3/c1-28(2)22(17-9-5-3-6-10-17)16-26-23(18-11-7-4-8-12-18)24(30)27-21-14-13-19(29(31)32)15-20(21)25/h3-15,22-23,26H,16H2,1-2H3,(H,27,30). The molecule has 0 aromatic heterocycles. The number of hydrogen-bond acceptors (Lipinski definition) is 5. The first-order chi connectivity index (χ1) is 15.4. The minimum absolute atomic E-state index is 0.0539. The number of hydrogen-bond donors (Lipinski definition) is 2. The highest BCUT2D eigenvalue weighted by molar-refractivity contribution is 6.34. The largest absolute Gasteiger partial charge is 0.323 e. The fourth-order valence-electron chi connectivity index (χ4n) is 3.43. The van der Waals surface area contributed by atoms with Gasteiger partial charge in [0.2, 0.25) is 5.91 Å².